The van der Waals surface area contributed by atoms with Gasteiger partial charge in [-0.3, -0.25) is 0 Å². The van der Waals surface area contributed by atoms with Gasteiger partial charge in [0.1, 0.15) is 0 Å². The lowest BCUT2D eigenvalue weighted by Crippen LogP contribution is -1.93. The Morgan fingerprint density at radius 1 is 0.185 bits per heavy atom. The molecule has 0 aliphatic heterocycles. The van der Waals surface area contributed by atoms with Gasteiger partial charge in [0.05, 0.1) is 0 Å². The van der Waals surface area contributed by atoms with Crippen LogP contribution in [0.3, 0.4) is 0 Å². The molecule has 11 rings (SSSR count). The Bertz CT molecular complexity index is 3250. The maximum absolute atomic E-state index is 2.43. The van der Waals surface area contributed by atoms with Crippen molar-refractivity contribution in [2.75, 3.05) is 0 Å². The second kappa shape index (κ2) is 12.3. The van der Waals surface area contributed by atoms with Crippen LogP contribution in [0.25, 0.3) is 109 Å². The minimum Gasteiger partial charge on any atom is -0.0616 e. The number of fused-ring (bicyclic) bond motifs is 7. The monoisotopic (exact) mass is 682 g/mol. The van der Waals surface area contributed by atoms with E-state index in [2.05, 4.69) is 206 Å². The lowest BCUT2D eigenvalue weighted by atomic mass is 9.83. The van der Waals surface area contributed by atoms with E-state index in [1.54, 1.807) is 0 Å². The summed E-state index contributed by atoms with van der Waals surface area (Å²) in [6, 6.07) is 76.2. The summed E-state index contributed by atoms with van der Waals surface area (Å²) in [5.74, 6) is 0. The minimum atomic E-state index is 1.21. The number of rotatable bonds is 4. The second-order valence-electron chi connectivity index (χ2n) is 14.4. The van der Waals surface area contributed by atoms with Crippen molar-refractivity contribution in [2.45, 2.75) is 0 Å². The van der Waals surface area contributed by atoms with Crippen molar-refractivity contribution >= 4 is 64.6 Å². The first kappa shape index (κ1) is 30.6. The smallest absolute Gasteiger partial charge is 0.00201 e. The number of hydrogen-bond acceptors (Lipinski definition) is 0. The molecule has 0 amide bonds. The number of benzene rings is 11. The predicted octanol–water partition coefficient (Wildman–Crippen LogP) is 15.3. The molecule has 0 aliphatic rings. The van der Waals surface area contributed by atoms with Crippen LogP contribution in [0.5, 0.6) is 0 Å². The van der Waals surface area contributed by atoms with Crippen LogP contribution in [0.4, 0.5) is 0 Å². The molecule has 0 unspecified atom stereocenters. The summed E-state index contributed by atoms with van der Waals surface area (Å²) in [6.45, 7) is 0. The highest BCUT2D eigenvalue weighted by atomic mass is 14.2. The standard InChI is InChI=1S/C54H34/c1-2-14-39-32-40(29-24-35(39)12-1)41-30-31-50-52(33-41)53(48-21-9-10-22-49(48)54(50)47-23-11-16-36-13-3-5-17-43(36)47)38-27-25-37(26-28-38)51-34-42-15-4-6-18-44(42)45-19-7-8-20-46(45)51/h1-34H. The zero-order valence-electron chi connectivity index (χ0n) is 29.6. The Hall–Kier alpha value is -7.02. The Morgan fingerprint density at radius 2 is 0.704 bits per heavy atom. The van der Waals surface area contributed by atoms with E-state index >= 15 is 0 Å². The van der Waals surface area contributed by atoms with E-state index in [1.807, 2.05) is 0 Å². The quantitative estimate of drug-likeness (QED) is 0.128. The zero-order valence-corrected chi connectivity index (χ0v) is 29.6. The van der Waals surface area contributed by atoms with Crippen LogP contribution in [0, 0.1) is 0 Å². The Morgan fingerprint density at radius 3 is 1.50 bits per heavy atom. The fourth-order valence-electron chi connectivity index (χ4n) is 8.88. The molecule has 250 valence electrons. The van der Waals surface area contributed by atoms with Crippen LogP contribution in [-0.4, -0.2) is 0 Å². The zero-order chi connectivity index (χ0) is 35.6. The van der Waals surface area contributed by atoms with Crippen molar-refractivity contribution in [2.24, 2.45) is 0 Å². The first-order valence-electron chi connectivity index (χ1n) is 18.8. The van der Waals surface area contributed by atoms with Crippen LogP contribution < -0.4 is 0 Å². The van der Waals surface area contributed by atoms with E-state index in [1.165, 1.54) is 109 Å². The first-order valence-corrected chi connectivity index (χ1v) is 18.8. The van der Waals surface area contributed by atoms with Crippen LogP contribution in [-0.2, 0) is 0 Å². The van der Waals surface area contributed by atoms with Gasteiger partial charge in [0, 0.05) is 0 Å². The summed E-state index contributed by atoms with van der Waals surface area (Å²) in [4.78, 5) is 0. The summed E-state index contributed by atoms with van der Waals surface area (Å²) < 4.78 is 0. The van der Waals surface area contributed by atoms with Crippen LogP contribution in [0.15, 0.2) is 206 Å². The fraction of sp³-hybridized carbons (Fsp3) is 0. The Labute approximate surface area is 314 Å². The van der Waals surface area contributed by atoms with Crippen molar-refractivity contribution < 1.29 is 0 Å². The van der Waals surface area contributed by atoms with E-state index in [0.29, 0.717) is 0 Å². The molecule has 11 aromatic carbocycles. The molecular formula is C54H34. The van der Waals surface area contributed by atoms with Gasteiger partial charge in [-0.05, 0) is 127 Å². The fourth-order valence-corrected chi connectivity index (χ4v) is 8.88. The van der Waals surface area contributed by atoms with Crippen LogP contribution in [0.1, 0.15) is 0 Å². The van der Waals surface area contributed by atoms with E-state index in [4.69, 9.17) is 0 Å². The molecule has 0 bridgehead atoms. The highest BCUT2D eigenvalue weighted by Gasteiger charge is 2.19. The highest BCUT2D eigenvalue weighted by molar-refractivity contribution is 6.24. The van der Waals surface area contributed by atoms with Crippen molar-refractivity contribution in [3.63, 3.8) is 0 Å². The molecule has 0 saturated carbocycles. The molecule has 0 radical (unpaired) electrons. The summed E-state index contributed by atoms with van der Waals surface area (Å²) >= 11 is 0. The Kier molecular flexibility index (Phi) is 6.97. The van der Waals surface area contributed by atoms with E-state index in [9.17, 15) is 0 Å². The molecule has 0 N–H and O–H groups in total. The van der Waals surface area contributed by atoms with Crippen LogP contribution >= 0.6 is 0 Å². The van der Waals surface area contributed by atoms with Crippen molar-refractivity contribution in [1.82, 2.24) is 0 Å². The van der Waals surface area contributed by atoms with Crippen molar-refractivity contribution in [1.29, 1.82) is 0 Å². The summed E-state index contributed by atoms with van der Waals surface area (Å²) in [6.07, 6.45) is 0. The largest absolute Gasteiger partial charge is 0.0616 e. The predicted molar refractivity (Wildman–Crippen MR) is 233 cm³/mol. The molecule has 0 aliphatic carbocycles. The maximum atomic E-state index is 2.43. The van der Waals surface area contributed by atoms with Gasteiger partial charge < -0.3 is 0 Å². The maximum Gasteiger partial charge on any atom is -0.00201 e. The van der Waals surface area contributed by atoms with Gasteiger partial charge in [-0.1, -0.05) is 188 Å². The van der Waals surface area contributed by atoms with Crippen molar-refractivity contribution in [3.05, 3.63) is 206 Å². The molecule has 0 aromatic heterocycles. The molecule has 0 atom stereocenters. The van der Waals surface area contributed by atoms with Gasteiger partial charge in [-0.25, -0.2) is 0 Å². The van der Waals surface area contributed by atoms with E-state index in [-0.39, 0.29) is 0 Å². The molecule has 0 heterocycles. The topological polar surface area (TPSA) is 0 Å². The normalized spacial score (nSPS) is 11.7. The summed E-state index contributed by atoms with van der Waals surface area (Å²) in [5.41, 5.74) is 9.94. The third-order valence-corrected chi connectivity index (χ3v) is 11.4. The summed E-state index contributed by atoms with van der Waals surface area (Å²) in [7, 11) is 0. The lowest BCUT2D eigenvalue weighted by Gasteiger charge is -2.20. The molecule has 0 fully saturated rings. The Balaban J connectivity index is 1.18. The SMILES string of the molecule is c1ccc2cc(-c3ccc4c(-c5cccc6ccccc56)c5ccccc5c(-c5ccc(-c6cc7ccccc7c7ccccc67)cc5)c4c3)ccc2c1. The van der Waals surface area contributed by atoms with Gasteiger partial charge in [-0.2, -0.15) is 0 Å². The number of hydrogen-bond donors (Lipinski definition) is 0. The van der Waals surface area contributed by atoms with Gasteiger partial charge in [0.15, 0.2) is 0 Å². The molecule has 0 saturated heterocycles. The molecule has 54 heavy (non-hydrogen) atoms. The summed E-state index contributed by atoms with van der Waals surface area (Å²) in [5, 5.41) is 15.2. The molecule has 11 aromatic rings. The highest BCUT2D eigenvalue weighted by Crippen LogP contribution is 2.47. The van der Waals surface area contributed by atoms with E-state index in [0.717, 1.165) is 0 Å². The second-order valence-corrected chi connectivity index (χ2v) is 14.4. The molecular weight excluding hydrogens is 649 g/mol. The first-order chi connectivity index (χ1) is 26.8. The van der Waals surface area contributed by atoms with Gasteiger partial charge in [0.2, 0.25) is 0 Å². The average molecular weight is 683 g/mol. The van der Waals surface area contributed by atoms with Crippen LogP contribution in [0.2, 0.25) is 0 Å². The molecule has 0 nitrogen and oxygen atoms in total. The average Bonchev–Trinajstić information content (AvgIpc) is 3.25. The minimum absolute atomic E-state index is 1.21. The van der Waals surface area contributed by atoms with Gasteiger partial charge in [0.25, 0.3) is 0 Å². The third kappa shape index (κ3) is 4.85. The third-order valence-electron chi connectivity index (χ3n) is 11.4. The van der Waals surface area contributed by atoms with Crippen molar-refractivity contribution in [3.8, 4) is 44.5 Å². The van der Waals surface area contributed by atoms with Gasteiger partial charge >= 0.3 is 0 Å². The molecule has 0 spiro atoms. The van der Waals surface area contributed by atoms with E-state index < -0.39 is 0 Å². The van der Waals surface area contributed by atoms with Gasteiger partial charge in [-0.15, -0.1) is 0 Å². The molecule has 0 heteroatoms. The lowest BCUT2D eigenvalue weighted by molar-refractivity contribution is 1.63.